The summed E-state index contributed by atoms with van der Waals surface area (Å²) < 4.78 is 6.86. The van der Waals surface area contributed by atoms with E-state index >= 15 is 0 Å². The number of carbonyl (C=O) groups is 1. The molecule has 1 unspecified atom stereocenters. The van der Waals surface area contributed by atoms with Gasteiger partial charge in [0.1, 0.15) is 11.9 Å². The number of rotatable bonds is 4. The van der Waals surface area contributed by atoms with Crippen LogP contribution in [0.2, 0.25) is 0 Å². The fourth-order valence-corrected chi connectivity index (χ4v) is 3.01. The Hall–Kier alpha value is -2.65. The molecule has 1 amide bonds. The van der Waals surface area contributed by atoms with Crippen molar-refractivity contribution in [2.75, 3.05) is 26.7 Å². The molecule has 1 aromatic carbocycles. The Labute approximate surface area is 156 Å². The van der Waals surface area contributed by atoms with Crippen molar-refractivity contribution in [3.05, 3.63) is 52.1 Å². The van der Waals surface area contributed by atoms with Gasteiger partial charge in [0.2, 0.25) is 0 Å². The molecule has 2 aromatic rings. The molecule has 0 bridgehead atoms. The minimum Gasteiger partial charge on any atom is -0.490 e. The third-order valence-electron chi connectivity index (χ3n) is 4.28. The SMILES string of the molecule is COc1ccc(C(=O)N2CCNCC2c2nccn2C)cc1[N+](=O)[O-].Cl. The molecular weight excluding hydrogens is 362 g/mol. The van der Waals surface area contributed by atoms with Gasteiger partial charge < -0.3 is 19.5 Å². The lowest BCUT2D eigenvalue weighted by molar-refractivity contribution is -0.385. The average molecular weight is 382 g/mol. The molecule has 1 aliphatic rings. The summed E-state index contributed by atoms with van der Waals surface area (Å²) in [6.45, 7) is 1.73. The number of hydrogen-bond donors (Lipinski definition) is 1. The molecule has 1 fully saturated rings. The first-order valence-electron chi connectivity index (χ1n) is 7.84. The molecule has 0 aliphatic carbocycles. The van der Waals surface area contributed by atoms with E-state index in [9.17, 15) is 14.9 Å². The van der Waals surface area contributed by atoms with Crippen molar-refractivity contribution >= 4 is 24.0 Å². The van der Waals surface area contributed by atoms with Crippen LogP contribution in [0.15, 0.2) is 30.6 Å². The molecular formula is C16H20ClN5O4. The van der Waals surface area contributed by atoms with E-state index in [-0.39, 0.29) is 41.4 Å². The third kappa shape index (κ3) is 3.63. The number of ether oxygens (including phenoxy) is 1. The van der Waals surface area contributed by atoms with Gasteiger partial charge in [-0.1, -0.05) is 0 Å². The first kappa shape index (κ1) is 19.7. The molecule has 10 heteroatoms. The molecule has 9 nitrogen and oxygen atoms in total. The number of aromatic nitrogens is 2. The number of halogens is 1. The average Bonchev–Trinajstić information content (AvgIpc) is 3.06. The largest absolute Gasteiger partial charge is 0.490 e. The summed E-state index contributed by atoms with van der Waals surface area (Å²) in [7, 11) is 3.23. The highest BCUT2D eigenvalue weighted by molar-refractivity contribution is 5.95. The topological polar surface area (TPSA) is 103 Å². The lowest BCUT2D eigenvalue weighted by Gasteiger charge is -2.35. The molecule has 2 heterocycles. The van der Waals surface area contributed by atoms with E-state index in [0.29, 0.717) is 19.6 Å². The Kier molecular flexibility index (Phi) is 6.17. The number of methoxy groups -OCH3 is 1. The van der Waals surface area contributed by atoms with E-state index in [1.54, 1.807) is 17.2 Å². The van der Waals surface area contributed by atoms with E-state index in [4.69, 9.17) is 4.74 Å². The van der Waals surface area contributed by atoms with Gasteiger partial charge in [0.05, 0.1) is 12.0 Å². The van der Waals surface area contributed by atoms with Crippen molar-refractivity contribution in [3.8, 4) is 5.75 Å². The number of benzene rings is 1. The van der Waals surface area contributed by atoms with Gasteiger partial charge in [0, 0.05) is 50.7 Å². The number of aryl methyl sites for hydroxylation is 1. The molecule has 3 rings (SSSR count). The number of imidazole rings is 1. The van der Waals surface area contributed by atoms with Crippen LogP contribution in [0.4, 0.5) is 5.69 Å². The zero-order valence-electron chi connectivity index (χ0n) is 14.4. The maximum atomic E-state index is 13.0. The molecule has 0 radical (unpaired) electrons. The summed E-state index contributed by atoms with van der Waals surface area (Å²) in [5.74, 6) is 0.631. The highest BCUT2D eigenvalue weighted by Crippen LogP contribution is 2.29. The van der Waals surface area contributed by atoms with Gasteiger partial charge >= 0.3 is 5.69 Å². The van der Waals surface area contributed by atoms with Crippen molar-refractivity contribution in [3.63, 3.8) is 0 Å². The smallest absolute Gasteiger partial charge is 0.311 e. The Morgan fingerprint density at radius 1 is 1.46 bits per heavy atom. The number of nitrogens with one attached hydrogen (secondary N) is 1. The Bertz CT molecular complexity index is 810. The number of nitrogens with zero attached hydrogens (tertiary/aromatic N) is 4. The highest BCUT2D eigenvalue weighted by Gasteiger charge is 2.32. The van der Waals surface area contributed by atoms with Crippen LogP contribution < -0.4 is 10.1 Å². The second-order valence-corrected chi connectivity index (χ2v) is 5.76. The maximum absolute atomic E-state index is 13.0. The molecule has 26 heavy (non-hydrogen) atoms. The Morgan fingerprint density at radius 2 is 2.23 bits per heavy atom. The zero-order valence-corrected chi connectivity index (χ0v) is 15.2. The number of carbonyl (C=O) groups excluding carboxylic acids is 1. The summed E-state index contributed by atoms with van der Waals surface area (Å²) in [6, 6.07) is 4.02. The maximum Gasteiger partial charge on any atom is 0.311 e. The fourth-order valence-electron chi connectivity index (χ4n) is 3.01. The van der Waals surface area contributed by atoms with Crippen LogP contribution in [-0.2, 0) is 7.05 Å². The Morgan fingerprint density at radius 3 is 2.85 bits per heavy atom. The summed E-state index contributed by atoms with van der Waals surface area (Å²) in [5.41, 5.74) is 0.0330. The third-order valence-corrected chi connectivity index (χ3v) is 4.28. The molecule has 1 aliphatic heterocycles. The van der Waals surface area contributed by atoms with Crippen molar-refractivity contribution in [1.29, 1.82) is 0 Å². The lowest BCUT2D eigenvalue weighted by atomic mass is 10.1. The van der Waals surface area contributed by atoms with Crippen LogP contribution >= 0.6 is 12.4 Å². The van der Waals surface area contributed by atoms with Gasteiger partial charge in [-0.25, -0.2) is 4.98 Å². The van der Waals surface area contributed by atoms with Crippen molar-refractivity contribution in [2.45, 2.75) is 6.04 Å². The van der Waals surface area contributed by atoms with Gasteiger partial charge in [-0.05, 0) is 12.1 Å². The summed E-state index contributed by atoms with van der Waals surface area (Å²) in [4.78, 5) is 29.7. The monoisotopic (exact) mass is 381 g/mol. The van der Waals surface area contributed by atoms with Crippen LogP contribution in [0.5, 0.6) is 5.75 Å². The fraction of sp³-hybridized carbons (Fsp3) is 0.375. The van der Waals surface area contributed by atoms with Gasteiger partial charge in [0.15, 0.2) is 5.75 Å². The van der Waals surface area contributed by atoms with Crippen LogP contribution in [0, 0.1) is 10.1 Å². The number of nitro benzene ring substituents is 1. The molecule has 0 spiro atoms. The number of amides is 1. The van der Waals surface area contributed by atoms with Crippen molar-refractivity contribution in [1.82, 2.24) is 19.8 Å². The Balaban J connectivity index is 0.00000243. The molecule has 140 valence electrons. The molecule has 0 saturated carbocycles. The normalized spacial score (nSPS) is 16.7. The summed E-state index contributed by atoms with van der Waals surface area (Å²) >= 11 is 0. The van der Waals surface area contributed by atoms with Crippen molar-refractivity contribution in [2.24, 2.45) is 7.05 Å². The minimum atomic E-state index is -0.552. The van der Waals surface area contributed by atoms with Crippen LogP contribution in [-0.4, -0.2) is 52.0 Å². The second-order valence-electron chi connectivity index (χ2n) is 5.76. The van der Waals surface area contributed by atoms with Crippen LogP contribution in [0.1, 0.15) is 22.2 Å². The standard InChI is InChI=1S/C16H19N5O4.ClH/c1-19-7-6-18-15(19)13-10-17-5-8-20(13)16(22)11-3-4-14(25-2)12(9-11)21(23)24;/h3-4,6-7,9,13,17H,5,8,10H2,1-2H3;1H. The predicted octanol–water partition coefficient (Wildman–Crippen LogP) is 1.55. The quantitative estimate of drug-likeness (QED) is 0.636. The minimum absolute atomic E-state index is 0. The van der Waals surface area contributed by atoms with Crippen LogP contribution in [0.3, 0.4) is 0 Å². The highest BCUT2D eigenvalue weighted by atomic mass is 35.5. The van der Waals surface area contributed by atoms with Crippen LogP contribution in [0.25, 0.3) is 0 Å². The van der Waals surface area contributed by atoms with E-state index in [0.717, 1.165) is 5.82 Å². The number of piperazine rings is 1. The van der Waals surface area contributed by atoms with Gasteiger partial charge in [0.25, 0.3) is 5.91 Å². The van der Waals surface area contributed by atoms with Gasteiger partial charge in [-0.2, -0.15) is 0 Å². The molecule has 1 aromatic heterocycles. The second kappa shape index (κ2) is 8.15. The molecule has 1 N–H and O–H groups in total. The summed E-state index contributed by atoms with van der Waals surface area (Å²) in [6.07, 6.45) is 3.51. The first-order chi connectivity index (χ1) is 12.0. The number of nitro groups is 1. The van der Waals surface area contributed by atoms with E-state index in [1.165, 1.54) is 19.2 Å². The molecule has 1 atom stereocenters. The lowest BCUT2D eigenvalue weighted by Crippen LogP contribution is -2.49. The van der Waals surface area contributed by atoms with E-state index in [1.807, 2.05) is 17.8 Å². The zero-order chi connectivity index (χ0) is 18.0. The van der Waals surface area contributed by atoms with E-state index < -0.39 is 4.92 Å². The first-order valence-corrected chi connectivity index (χ1v) is 7.84. The number of hydrogen-bond acceptors (Lipinski definition) is 6. The van der Waals surface area contributed by atoms with E-state index in [2.05, 4.69) is 10.3 Å². The van der Waals surface area contributed by atoms with Gasteiger partial charge in [-0.15, -0.1) is 12.4 Å². The summed E-state index contributed by atoms with van der Waals surface area (Å²) in [5, 5.41) is 14.5. The van der Waals surface area contributed by atoms with Crippen molar-refractivity contribution < 1.29 is 14.5 Å². The van der Waals surface area contributed by atoms with Gasteiger partial charge in [-0.3, -0.25) is 14.9 Å². The predicted molar refractivity (Wildman–Crippen MR) is 96.8 cm³/mol. The molecule has 1 saturated heterocycles.